The van der Waals surface area contributed by atoms with Crippen molar-refractivity contribution in [2.45, 2.75) is 11.3 Å². The van der Waals surface area contributed by atoms with Gasteiger partial charge in [0.05, 0.1) is 11.4 Å². The van der Waals surface area contributed by atoms with Crippen molar-refractivity contribution >= 4 is 29.0 Å². The third-order valence-corrected chi connectivity index (χ3v) is 4.85. The smallest absolute Gasteiger partial charge is 0.249 e. The van der Waals surface area contributed by atoms with Gasteiger partial charge in [0.15, 0.2) is 4.34 Å². The highest BCUT2D eigenvalue weighted by atomic mass is 32.2. The first kappa shape index (κ1) is 14.7. The molecular weight excluding hydrogens is 318 g/mol. The Balaban J connectivity index is 1.57. The Morgan fingerprint density at radius 3 is 2.73 bits per heavy atom. The summed E-state index contributed by atoms with van der Waals surface area (Å²) in [6.07, 6.45) is 2.86. The fourth-order valence-electron chi connectivity index (χ4n) is 1.74. The minimum atomic E-state index is -0.128. The van der Waals surface area contributed by atoms with Crippen LogP contribution in [0.4, 0.5) is 0 Å². The summed E-state index contributed by atoms with van der Waals surface area (Å²) in [7, 11) is 0. The van der Waals surface area contributed by atoms with Gasteiger partial charge in [-0.3, -0.25) is 10.2 Å². The lowest BCUT2D eigenvalue weighted by atomic mass is 10.1. The lowest BCUT2D eigenvalue weighted by Crippen LogP contribution is -2.23. The first-order valence-electron chi connectivity index (χ1n) is 6.50. The van der Waals surface area contributed by atoms with Crippen LogP contribution in [0.15, 0.2) is 46.6 Å². The third-order valence-electron chi connectivity index (χ3n) is 2.83. The van der Waals surface area contributed by atoms with E-state index in [-0.39, 0.29) is 5.91 Å². The molecule has 0 unspecified atom stereocenters. The molecule has 0 saturated heterocycles. The molecule has 0 saturated carbocycles. The van der Waals surface area contributed by atoms with E-state index in [1.807, 2.05) is 5.38 Å². The minimum Gasteiger partial charge on any atom is -0.272 e. The van der Waals surface area contributed by atoms with Gasteiger partial charge in [-0.1, -0.05) is 41.6 Å². The van der Waals surface area contributed by atoms with Crippen LogP contribution >= 0.6 is 23.1 Å². The van der Waals surface area contributed by atoms with E-state index >= 15 is 0 Å². The summed E-state index contributed by atoms with van der Waals surface area (Å²) in [5, 5.41) is 9.24. The van der Waals surface area contributed by atoms with Gasteiger partial charge in [-0.05, 0) is 6.92 Å². The topological polar surface area (TPSA) is 72.7 Å². The van der Waals surface area contributed by atoms with Crippen molar-refractivity contribution in [1.82, 2.24) is 19.9 Å². The number of carbonyl (C=O) groups excluding carboxylic acids is 1. The molecule has 1 amide bonds. The van der Waals surface area contributed by atoms with Crippen molar-refractivity contribution in [2.75, 3.05) is 11.2 Å². The highest BCUT2D eigenvalue weighted by Crippen LogP contribution is 2.28. The van der Waals surface area contributed by atoms with Gasteiger partial charge < -0.3 is 0 Å². The summed E-state index contributed by atoms with van der Waals surface area (Å²) in [6.45, 7) is 2.06. The Kier molecular flexibility index (Phi) is 4.50. The molecule has 2 heterocycles. The standard InChI is InChI=1S/C14H13N5OS2/c1-10-2-4-11(5-3-10)12-6-21-14(17-12)22-7-13(20)18-19-8-15-16-9-19/h2-6,8-9H,7H2,1H3,(H,18,20). The molecule has 0 bridgehead atoms. The Bertz CT molecular complexity index is 752. The van der Waals surface area contributed by atoms with Gasteiger partial charge in [0.2, 0.25) is 5.91 Å². The summed E-state index contributed by atoms with van der Waals surface area (Å²) < 4.78 is 2.29. The van der Waals surface area contributed by atoms with Gasteiger partial charge in [-0.2, -0.15) is 0 Å². The molecule has 0 fully saturated rings. The number of nitrogens with zero attached hydrogens (tertiary/aromatic N) is 4. The number of thioether (sulfide) groups is 1. The maximum atomic E-state index is 11.8. The normalized spacial score (nSPS) is 10.6. The summed E-state index contributed by atoms with van der Waals surface area (Å²) in [5.41, 5.74) is 5.89. The third kappa shape index (κ3) is 3.71. The van der Waals surface area contributed by atoms with E-state index < -0.39 is 0 Å². The lowest BCUT2D eigenvalue weighted by Gasteiger charge is -2.02. The van der Waals surface area contributed by atoms with Crippen LogP contribution < -0.4 is 5.43 Å². The predicted molar refractivity (Wildman–Crippen MR) is 87.4 cm³/mol. The van der Waals surface area contributed by atoms with Crippen molar-refractivity contribution in [1.29, 1.82) is 0 Å². The average Bonchev–Trinajstić information content (AvgIpc) is 3.17. The van der Waals surface area contributed by atoms with Crippen molar-refractivity contribution in [2.24, 2.45) is 0 Å². The number of hydrogen-bond acceptors (Lipinski definition) is 6. The van der Waals surface area contributed by atoms with Crippen molar-refractivity contribution < 1.29 is 4.79 Å². The lowest BCUT2D eigenvalue weighted by molar-refractivity contribution is -0.114. The van der Waals surface area contributed by atoms with Crippen LogP contribution in [0.3, 0.4) is 0 Å². The maximum Gasteiger partial charge on any atom is 0.249 e. The Morgan fingerprint density at radius 2 is 2.00 bits per heavy atom. The van der Waals surface area contributed by atoms with Gasteiger partial charge in [0.1, 0.15) is 12.7 Å². The van der Waals surface area contributed by atoms with Gasteiger partial charge in [0.25, 0.3) is 0 Å². The second-order valence-electron chi connectivity index (χ2n) is 4.56. The van der Waals surface area contributed by atoms with Crippen LogP contribution in [0.25, 0.3) is 11.3 Å². The zero-order chi connectivity index (χ0) is 15.4. The van der Waals surface area contributed by atoms with E-state index in [0.717, 1.165) is 15.6 Å². The van der Waals surface area contributed by atoms with E-state index in [2.05, 4.69) is 51.8 Å². The first-order chi connectivity index (χ1) is 10.7. The molecule has 0 aliphatic carbocycles. The van der Waals surface area contributed by atoms with Gasteiger partial charge in [0, 0.05) is 10.9 Å². The molecule has 0 radical (unpaired) electrons. The van der Waals surface area contributed by atoms with Gasteiger partial charge in [-0.15, -0.1) is 21.5 Å². The number of hydrogen-bond donors (Lipinski definition) is 1. The summed E-state index contributed by atoms with van der Waals surface area (Å²) in [4.78, 5) is 16.3. The first-order valence-corrected chi connectivity index (χ1v) is 8.37. The number of aromatic nitrogens is 4. The van der Waals surface area contributed by atoms with E-state index in [9.17, 15) is 4.79 Å². The molecule has 0 atom stereocenters. The highest BCUT2D eigenvalue weighted by Gasteiger charge is 2.08. The molecule has 3 rings (SSSR count). The molecular formula is C14H13N5OS2. The van der Waals surface area contributed by atoms with Crippen LogP contribution in [0.5, 0.6) is 0 Å². The molecule has 6 nitrogen and oxygen atoms in total. The molecule has 8 heteroatoms. The summed E-state index contributed by atoms with van der Waals surface area (Å²) in [6, 6.07) is 8.23. The molecule has 2 aromatic heterocycles. The number of nitrogens with one attached hydrogen (secondary N) is 1. The van der Waals surface area contributed by atoms with E-state index in [1.165, 1.54) is 46.0 Å². The maximum absolute atomic E-state index is 11.8. The minimum absolute atomic E-state index is 0.128. The van der Waals surface area contributed by atoms with Crippen LogP contribution in [-0.4, -0.2) is 31.5 Å². The number of rotatable bonds is 5. The Labute approximate surface area is 135 Å². The van der Waals surface area contributed by atoms with Crippen LogP contribution in [-0.2, 0) is 4.79 Å². The van der Waals surface area contributed by atoms with Crippen LogP contribution in [0.1, 0.15) is 5.56 Å². The zero-order valence-corrected chi connectivity index (χ0v) is 13.4. The largest absolute Gasteiger partial charge is 0.272 e. The molecule has 1 aromatic carbocycles. The Morgan fingerprint density at radius 1 is 1.27 bits per heavy atom. The van der Waals surface area contributed by atoms with Crippen molar-refractivity contribution in [3.05, 3.63) is 47.9 Å². The number of thiazole rings is 1. The molecule has 3 aromatic rings. The average molecular weight is 331 g/mol. The number of benzene rings is 1. The van der Waals surface area contributed by atoms with E-state index in [0.29, 0.717) is 5.75 Å². The zero-order valence-electron chi connectivity index (χ0n) is 11.8. The molecule has 112 valence electrons. The molecule has 0 aliphatic rings. The molecule has 1 N–H and O–H groups in total. The molecule has 22 heavy (non-hydrogen) atoms. The number of aryl methyl sites for hydroxylation is 1. The highest BCUT2D eigenvalue weighted by molar-refractivity contribution is 8.01. The van der Waals surface area contributed by atoms with E-state index in [4.69, 9.17) is 0 Å². The Hall–Kier alpha value is -2.19. The van der Waals surface area contributed by atoms with Gasteiger partial charge in [-0.25, -0.2) is 9.66 Å². The second-order valence-corrected chi connectivity index (χ2v) is 6.64. The quantitative estimate of drug-likeness (QED) is 0.728. The second kappa shape index (κ2) is 6.71. The van der Waals surface area contributed by atoms with Crippen molar-refractivity contribution in [3.63, 3.8) is 0 Å². The monoisotopic (exact) mass is 331 g/mol. The number of amides is 1. The SMILES string of the molecule is Cc1ccc(-c2csc(SCC(=O)Nn3cnnc3)n2)cc1. The molecule has 0 aliphatic heterocycles. The summed E-state index contributed by atoms with van der Waals surface area (Å²) >= 11 is 2.95. The van der Waals surface area contributed by atoms with Crippen LogP contribution in [0, 0.1) is 6.92 Å². The molecule has 0 spiro atoms. The summed E-state index contributed by atoms with van der Waals surface area (Å²) in [5.74, 6) is 0.163. The van der Waals surface area contributed by atoms with Gasteiger partial charge >= 0.3 is 0 Å². The van der Waals surface area contributed by atoms with Crippen molar-refractivity contribution in [3.8, 4) is 11.3 Å². The fourth-order valence-corrected chi connectivity index (χ4v) is 3.37. The van der Waals surface area contributed by atoms with E-state index in [1.54, 1.807) is 0 Å². The number of carbonyl (C=O) groups is 1. The van der Waals surface area contributed by atoms with Crippen LogP contribution in [0.2, 0.25) is 0 Å². The fraction of sp³-hybridized carbons (Fsp3) is 0.143. The predicted octanol–water partition coefficient (Wildman–Crippen LogP) is 2.57.